The molecule has 0 N–H and O–H groups in total. The van der Waals surface area contributed by atoms with E-state index >= 15 is 0 Å². The lowest BCUT2D eigenvalue weighted by atomic mass is 10.1. The minimum absolute atomic E-state index is 0.00315. The Labute approximate surface area is 145 Å². The van der Waals surface area contributed by atoms with Gasteiger partial charge in [0, 0.05) is 15.6 Å². The van der Waals surface area contributed by atoms with E-state index in [1.54, 1.807) is 18.2 Å². The first-order valence-electron chi connectivity index (χ1n) is 7.16. The summed E-state index contributed by atoms with van der Waals surface area (Å²) in [4.78, 5) is 13.7. The maximum Gasteiger partial charge on any atom is 0.231 e. The van der Waals surface area contributed by atoms with Crippen LogP contribution in [0.5, 0.6) is 11.5 Å². The van der Waals surface area contributed by atoms with Crippen LogP contribution >= 0.6 is 15.9 Å². The van der Waals surface area contributed by atoms with Crippen molar-refractivity contribution in [1.29, 1.82) is 0 Å². The number of carbonyl (C=O) groups excluding carboxylic acids is 1. The van der Waals surface area contributed by atoms with Crippen LogP contribution in [0, 0.1) is 0 Å². The molecule has 7 nitrogen and oxygen atoms in total. The van der Waals surface area contributed by atoms with Crippen LogP contribution in [0.25, 0.3) is 11.4 Å². The highest BCUT2D eigenvalue weighted by atomic mass is 79.9. The van der Waals surface area contributed by atoms with Gasteiger partial charge in [0.25, 0.3) is 0 Å². The second kappa shape index (κ2) is 6.04. The number of rotatable bonds is 4. The summed E-state index contributed by atoms with van der Waals surface area (Å²) in [5, 5.41) is 12.2. The molecule has 2 heterocycles. The summed E-state index contributed by atoms with van der Waals surface area (Å²) in [6.07, 6.45) is 0. The van der Waals surface area contributed by atoms with E-state index in [2.05, 4.69) is 31.3 Å². The average Bonchev–Trinajstić information content (AvgIpc) is 3.24. The third-order valence-electron chi connectivity index (χ3n) is 3.53. The number of aromatic nitrogens is 4. The van der Waals surface area contributed by atoms with Crippen LogP contribution in [0.1, 0.15) is 10.4 Å². The van der Waals surface area contributed by atoms with E-state index in [4.69, 9.17) is 9.47 Å². The summed E-state index contributed by atoms with van der Waals surface area (Å²) in [7, 11) is 0. The number of ether oxygens (including phenoxy) is 2. The number of hydrogen-bond acceptors (Lipinski definition) is 6. The monoisotopic (exact) mass is 386 g/mol. The van der Waals surface area contributed by atoms with Gasteiger partial charge in [0.2, 0.25) is 12.6 Å². The summed E-state index contributed by atoms with van der Waals surface area (Å²) < 4.78 is 11.5. The van der Waals surface area contributed by atoms with Crippen LogP contribution in [-0.4, -0.2) is 32.8 Å². The molecule has 1 aromatic heterocycles. The molecule has 0 bridgehead atoms. The number of ketones is 1. The van der Waals surface area contributed by atoms with Gasteiger partial charge in [-0.3, -0.25) is 4.79 Å². The lowest BCUT2D eigenvalue weighted by molar-refractivity contribution is 0.0961. The van der Waals surface area contributed by atoms with Crippen LogP contribution in [-0.2, 0) is 6.54 Å². The molecule has 0 aliphatic carbocycles. The van der Waals surface area contributed by atoms with Gasteiger partial charge in [-0.1, -0.05) is 15.9 Å². The molecule has 0 spiro atoms. The lowest BCUT2D eigenvalue weighted by Crippen LogP contribution is -2.13. The molecule has 24 heavy (non-hydrogen) atoms. The van der Waals surface area contributed by atoms with Crippen LogP contribution in [0.15, 0.2) is 46.9 Å². The maximum atomic E-state index is 12.4. The number of benzene rings is 2. The van der Waals surface area contributed by atoms with Crippen LogP contribution < -0.4 is 9.47 Å². The fraction of sp³-hybridized carbons (Fsp3) is 0.125. The fourth-order valence-electron chi connectivity index (χ4n) is 2.31. The van der Waals surface area contributed by atoms with Gasteiger partial charge in [-0.25, -0.2) is 0 Å². The van der Waals surface area contributed by atoms with E-state index in [0.29, 0.717) is 22.9 Å². The highest BCUT2D eigenvalue weighted by Gasteiger charge is 2.17. The first kappa shape index (κ1) is 14.8. The summed E-state index contributed by atoms with van der Waals surface area (Å²) >= 11 is 3.38. The summed E-state index contributed by atoms with van der Waals surface area (Å²) in [5.74, 6) is 1.56. The Morgan fingerprint density at radius 1 is 1.12 bits per heavy atom. The van der Waals surface area contributed by atoms with Gasteiger partial charge in [0.15, 0.2) is 17.3 Å². The van der Waals surface area contributed by atoms with Crippen LogP contribution in [0.4, 0.5) is 0 Å². The van der Waals surface area contributed by atoms with Gasteiger partial charge >= 0.3 is 0 Å². The summed E-state index contributed by atoms with van der Waals surface area (Å²) in [6.45, 7) is 0.178. The number of fused-ring (bicyclic) bond motifs is 1. The van der Waals surface area contributed by atoms with Crippen LogP contribution in [0.3, 0.4) is 0 Å². The minimum atomic E-state index is -0.131. The Kier molecular flexibility index (Phi) is 3.73. The quantitative estimate of drug-likeness (QED) is 0.641. The van der Waals surface area contributed by atoms with Crippen LogP contribution in [0.2, 0.25) is 0 Å². The molecule has 0 atom stereocenters. The van der Waals surface area contributed by atoms with Crippen molar-refractivity contribution in [2.45, 2.75) is 6.54 Å². The summed E-state index contributed by atoms with van der Waals surface area (Å²) in [6, 6.07) is 12.6. The first-order chi connectivity index (χ1) is 11.7. The first-order valence-corrected chi connectivity index (χ1v) is 7.95. The molecule has 0 saturated heterocycles. The predicted octanol–water partition coefficient (Wildman–Crippen LogP) is 2.71. The number of tetrazole rings is 1. The molecule has 1 aliphatic heterocycles. The Hall–Kier alpha value is -2.74. The second-order valence-electron chi connectivity index (χ2n) is 5.14. The third-order valence-corrected chi connectivity index (χ3v) is 4.06. The lowest BCUT2D eigenvalue weighted by Gasteiger charge is -2.01. The molecule has 1 aliphatic rings. The highest BCUT2D eigenvalue weighted by molar-refractivity contribution is 9.10. The van der Waals surface area contributed by atoms with Gasteiger partial charge < -0.3 is 9.47 Å². The molecule has 8 heteroatoms. The maximum absolute atomic E-state index is 12.4. The smallest absolute Gasteiger partial charge is 0.231 e. The van der Waals surface area contributed by atoms with E-state index in [-0.39, 0.29) is 19.1 Å². The zero-order valence-electron chi connectivity index (χ0n) is 12.3. The third kappa shape index (κ3) is 2.88. The van der Waals surface area contributed by atoms with Crippen molar-refractivity contribution in [3.05, 3.63) is 52.5 Å². The SMILES string of the molecule is O=C(Cn1nnc(-c2ccc(Br)cc2)n1)c1ccc2c(c1)OCO2. The van der Waals surface area contributed by atoms with Crippen molar-refractivity contribution in [2.75, 3.05) is 6.79 Å². The van der Waals surface area contributed by atoms with Crippen molar-refractivity contribution >= 4 is 21.7 Å². The standard InChI is InChI=1S/C16H11BrN4O3/c17-12-4-1-10(2-5-12)16-18-20-21(19-16)8-13(22)11-3-6-14-15(7-11)24-9-23-14/h1-7H,8-9H2. The molecule has 0 radical (unpaired) electrons. The van der Waals surface area contributed by atoms with Crippen molar-refractivity contribution in [3.8, 4) is 22.9 Å². The molecular weight excluding hydrogens is 376 g/mol. The van der Waals surface area contributed by atoms with Gasteiger partial charge in [-0.2, -0.15) is 4.80 Å². The number of halogens is 1. The molecule has 0 amide bonds. The second-order valence-corrected chi connectivity index (χ2v) is 6.06. The average molecular weight is 387 g/mol. The molecule has 3 aromatic rings. The van der Waals surface area contributed by atoms with Crippen molar-refractivity contribution in [1.82, 2.24) is 20.2 Å². The highest BCUT2D eigenvalue weighted by Crippen LogP contribution is 2.32. The number of carbonyl (C=O) groups is 1. The van der Waals surface area contributed by atoms with E-state index in [0.717, 1.165) is 10.0 Å². The van der Waals surface area contributed by atoms with Crippen molar-refractivity contribution < 1.29 is 14.3 Å². The molecule has 0 unspecified atom stereocenters. The largest absolute Gasteiger partial charge is 0.454 e. The zero-order valence-corrected chi connectivity index (χ0v) is 13.9. The normalized spacial score (nSPS) is 12.4. The van der Waals surface area contributed by atoms with Gasteiger partial charge in [0.1, 0.15) is 6.54 Å². The fourth-order valence-corrected chi connectivity index (χ4v) is 2.58. The topological polar surface area (TPSA) is 79.1 Å². The number of Topliss-reactive ketones (excluding diaryl/α,β-unsaturated/α-hetero) is 1. The Bertz CT molecular complexity index is 908. The van der Waals surface area contributed by atoms with E-state index in [9.17, 15) is 4.79 Å². The Morgan fingerprint density at radius 3 is 2.75 bits per heavy atom. The zero-order chi connectivity index (χ0) is 16.5. The van der Waals surface area contributed by atoms with Crippen molar-refractivity contribution in [2.24, 2.45) is 0 Å². The van der Waals surface area contributed by atoms with E-state index in [1.807, 2.05) is 24.3 Å². The molecule has 0 fully saturated rings. The van der Waals surface area contributed by atoms with Gasteiger partial charge in [-0.15, -0.1) is 10.2 Å². The molecular formula is C16H11BrN4O3. The van der Waals surface area contributed by atoms with E-state index < -0.39 is 0 Å². The Balaban J connectivity index is 1.51. The molecule has 2 aromatic carbocycles. The predicted molar refractivity (Wildman–Crippen MR) is 87.8 cm³/mol. The number of nitrogens with zero attached hydrogens (tertiary/aromatic N) is 4. The van der Waals surface area contributed by atoms with Gasteiger partial charge in [0.05, 0.1) is 0 Å². The number of hydrogen-bond donors (Lipinski definition) is 0. The molecule has 0 saturated carbocycles. The molecule has 120 valence electrons. The Morgan fingerprint density at radius 2 is 1.92 bits per heavy atom. The minimum Gasteiger partial charge on any atom is -0.454 e. The van der Waals surface area contributed by atoms with Crippen molar-refractivity contribution in [3.63, 3.8) is 0 Å². The van der Waals surface area contributed by atoms with Gasteiger partial charge in [-0.05, 0) is 47.7 Å². The summed E-state index contributed by atoms with van der Waals surface area (Å²) in [5.41, 5.74) is 1.35. The molecule has 4 rings (SSSR count). The van der Waals surface area contributed by atoms with E-state index in [1.165, 1.54) is 4.80 Å².